The van der Waals surface area contributed by atoms with Gasteiger partial charge < -0.3 is 4.90 Å². The molecule has 0 radical (unpaired) electrons. The molecule has 0 aromatic heterocycles. The van der Waals surface area contributed by atoms with Crippen LogP contribution in [0.1, 0.15) is 36.3 Å². The van der Waals surface area contributed by atoms with Crippen molar-refractivity contribution in [1.29, 1.82) is 0 Å². The number of nitrogens with zero attached hydrogens (tertiary/aromatic N) is 1. The highest BCUT2D eigenvalue weighted by Crippen LogP contribution is 2.49. The molecule has 0 saturated carbocycles. The van der Waals surface area contributed by atoms with Gasteiger partial charge in [-0.25, -0.2) is 13.1 Å². The molecule has 2 aliphatic heterocycles. The van der Waals surface area contributed by atoms with E-state index in [1.54, 1.807) is 30.3 Å². The summed E-state index contributed by atoms with van der Waals surface area (Å²) < 4.78 is 28.6. The SMILES string of the molecule is O=S(=O)(NC[C@@H](CCN1CCC2(CC1)CSc1ccccc12)c1ccc(Cl)c(Cl)c1)c1ccccc1. The fourth-order valence-electron chi connectivity index (χ4n) is 5.33. The molecule has 1 atom stereocenters. The fraction of sp³-hybridized carbons (Fsp3) is 0.357. The van der Waals surface area contributed by atoms with Gasteiger partial charge in [0.1, 0.15) is 0 Å². The number of sulfonamides is 1. The third-order valence-electron chi connectivity index (χ3n) is 7.56. The molecule has 190 valence electrons. The second-order valence-electron chi connectivity index (χ2n) is 9.73. The minimum absolute atomic E-state index is 0.0168. The number of hydrogen-bond acceptors (Lipinski definition) is 4. The van der Waals surface area contributed by atoms with Crippen LogP contribution in [0.3, 0.4) is 0 Å². The summed E-state index contributed by atoms with van der Waals surface area (Å²) >= 11 is 14.5. The van der Waals surface area contributed by atoms with Crippen LogP contribution in [0, 0.1) is 0 Å². The van der Waals surface area contributed by atoms with Crippen molar-refractivity contribution < 1.29 is 8.42 Å². The van der Waals surface area contributed by atoms with Crippen LogP contribution in [0.4, 0.5) is 0 Å². The third-order valence-corrected chi connectivity index (χ3v) is 11.1. The zero-order valence-electron chi connectivity index (χ0n) is 20.0. The maximum absolute atomic E-state index is 12.9. The Hall–Kier alpha value is -1.54. The van der Waals surface area contributed by atoms with Gasteiger partial charge in [-0.2, -0.15) is 0 Å². The van der Waals surface area contributed by atoms with Gasteiger partial charge in [-0.05, 0) is 86.3 Å². The maximum Gasteiger partial charge on any atom is 0.240 e. The summed E-state index contributed by atoms with van der Waals surface area (Å²) in [6.45, 7) is 3.32. The standard InChI is InChI=1S/C28H30Cl2N2O2S2/c29-25-11-10-21(18-26(25)30)22(19-31-36(33,34)23-6-2-1-3-7-23)12-15-32-16-13-28(14-17-32)20-35-27-9-5-4-8-24(27)28/h1-11,18,22,31H,12-17,19-20H2/t22-/m1/s1. The molecule has 3 aromatic rings. The van der Waals surface area contributed by atoms with E-state index in [-0.39, 0.29) is 10.8 Å². The second-order valence-corrected chi connectivity index (χ2v) is 13.3. The molecular weight excluding hydrogens is 531 g/mol. The first-order valence-electron chi connectivity index (χ1n) is 12.3. The first-order chi connectivity index (χ1) is 17.4. The van der Waals surface area contributed by atoms with E-state index in [0.29, 0.717) is 22.0 Å². The van der Waals surface area contributed by atoms with Crippen LogP contribution >= 0.6 is 35.0 Å². The van der Waals surface area contributed by atoms with E-state index in [1.165, 1.54) is 16.2 Å². The molecule has 36 heavy (non-hydrogen) atoms. The average molecular weight is 562 g/mol. The van der Waals surface area contributed by atoms with Crippen molar-refractivity contribution in [2.45, 2.75) is 40.4 Å². The number of thioether (sulfide) groups is 1. The number of nitrogens with one attached hydrogen (secondary N) is 1. The number of rotatable bonds is 8. The molecule has 4 nitrogen and oxygen atoms in total. The Morgan fingerprint density at radius 1 is 0.944 bits per heavy atom. The predicted molar refractivity (Wildman–Crippen MR) is 150 cm³/mol. The van der Waals surface area contributed by atoms with Gasteiger partial charge in [0.2, 0.25) is 10.0 Å². The van der Waals surface area contributed by atoms with Gasteiger partial charge in [0.15, 0.2) is 0 Å². The predicted octanol–water partition coefficient (Wildman–Crippen LogP) is 6.59. The Balaban J connectivity index is 1.25. The van der Waals surface area contributed by atoms with Crippen molar-refractivity contribution in [1.82, 2.24) is 9.62 Å². The second kappa shape index (κ2) is 11.1. The highest BCUT2D eigenvalue weighted by atomic mass is 35.5. The molecule has 1 saturated heterocycles. The molecular formula is C28H30Cl2N2O2S2. The van der Waals surface area contributed by atoms with E-state index in [2.05, 4.69) is 33.9 Å². The van der Waals surface area contributed by atoms with Gasteiger partial charge in [0.25, 0.3) is 0 Å². The van der Waals surface area contributed by atoms with Crippen molar-refractivity contribution in [3.8, 4) is 0 Å². The fourth-order valence-corrected chi connectivity index (χ4v) is 8.23. The molecule has 8 heteroatoms. The number of hydrogen-bond donors (Lipinski definition) is 1. The van der Waals surface area contributed by atoms with Crippen LogP contribution in [0.2, 0.25) is 10.0 Å². The molecule has 3 aromatic carbocycles. The van der Waals surface area contributed by atoms with Crippen molar-refractivity contribution in [2.24, 2.45) is 0 Å². The van der Waals surface area contributed by atoms with Crippen molar-refractivity contribution in [3.63, 3.8) is 0 Å². The van der Waals surface area contributed by atoms with Gasteiger partial charge in [0.05, 0.1) is 14.9 Å². The lowest BCUT2D eigenvalue weighted by Gasteiger charge is -2.40. The van der Waals surface area contributed by atoms with E-state index in [1.807, 2.05) is 30.0 Å². The number of benzene rings is 3. The van der Waals surface area contributed by atoms with Crippen LogP contribution in [0.5, 0.6) is 0 Å². The lowest BCUT2D eigenvalue weighted by Crippen LogP contribution is -2.43. The molecule has 5 rings (SSSR count). The minimum Gasteiger partial charge on any atom is -0.303 e. The lowest BCUT2D eigenvalue weighted by atomic mass is 9.74. The minimum atomic E-state index is -3.59. The summed E-state index contributed by atoms with van der Waals surface area (Å²) in [6.07, 6.45) is 3.15. The Morgan fingerprint density at radius 2 is 1.67 bits per heavy atom. The molecule has 0 unspecified atom stereocenters. The Morgan fingerprint density at radius 3 is 2.42 bits per heavy atom. The Bertz CT molecular complexity index is 1310. The molecule has 0 amide bonds. The highest BCUT2D eigenvalue weighted by molar-refractivity contribution is 7.99. The van der Waals surface area contributed by atoms with Gasteiger partial charge in [-0.15, -0.1) is 11.8 Å². The summed E-state index contributed by atoms with van der Waals surface area (Å²) in [7, 11) is -3.59. The van der Waals surface area contributed by atoms with Crippen LogP contribution in [0.15, 0.2) is 82.6 Å². The van der Waals surface area contributed by atoms with E-state index in [0.717, 1.165) is 44.5 Å². The quantitative estimate of drug-likeness (QED) is 0.337. The zero-order chi connectivity index (χ0) is 25.2. The molecule has 1 spiro atoms. The van der Waals surface area contributed by atoms with E-state index in [9.17, 15) is 8.42 Å². The van der Waals surface area contributed by atoms with E-state index in [4.69, 9.17) is 23.2 Å². The first kappa shape index (κ1) is 26.1. The summed E-state index contributed by atoms with van der Waals surface area (Å²) in [4.78, 5) is 4.23. The van der Waals surface area contributed by atoms with Crippen LogP contribution in [-0.4, -0.2) is 45.2 Å². The monoisotopic (exact) mass is 560 g/mol. The smallest absolute Gasteiger partial charge is 0.240 e. The molecule has 0 aliphatic carbocycles. The normalized spacial score (nSPS) is 18.3. The van der Waals surface area contributed by atoms with Gasteiger partial charge >= 0.3 is 0 Å². The molecule has 1 fully saturated rings. The summed E-state index contributed by atoms with van der Waals surface area (Å²) in [5.41, 5.74) is 2.82. The highest BCUT2D eigenvalue weighted by Gasteiger charge is 2.41. The van der Waals surface area contributed by atoms with Gasteiger partial charge in [-0.3, -0.25) is 0 Å². The van der Waals surface area contributed by atoms with Crippen LogP contribution < -0.4 is 4.72 Å². The number of halogens is 2. The van der Waals surface area contributed by atoms with Crippen molar-refractivity contribution in [2.75, 3.05) is 31.9 Å². The Labute approximate surface area is 228 Å². The topological polar surface area (TPSA) is 49.4 Å². The van der Waals surface area contributed by atoms with Gasteiger partial charge in [0, 0.05) is 22.6 Å². The van der Waals surface area contributed by atoms with E-state index < -0.39 is 10.0 Å². The third kappa shape index (κ3) is 5.64. The summed E-state index contributed by atoms with van der Waals surface area (Å²) in [6, 6.07) is 23.0. The molecule has 2 aliphatic rings. The van der Waals surface area contributed by atoms with Crippen molar-refractivity contribution >= 4 is 45.0 Å². The average Bonchev–Trinajstić information content (AvgIpc) is 3.25. The number of piperidine rings is 1. The number of fused-ring (bicyclic) bond motifs is 2. The molecule has 1 N–H and O–H groups in total. The van der Waals surface area contributed by atoms with E-state index >= 15 is 0 Å². The van der Waals surface area contributed by atoms with Gasteiger partial charge in [-0.1, -0.05) is 65.7 Å². The zero-order valence-corrected chi connectivity index (χ0v) is 23.1. The van der Waals surface area contributed by atoms with Crippen molar-refractivity contribution in [3.05, 3.63) is 94.0 Å². The van der Waals surface area contributed by atoms with Crippen LogP contribution in [0.25, 0.3) is 0 Å². The summed E-state index contributed by atoms with van der Waals surface area (Å²) in [5.74, 6) is 1.16. The Kier molecular flexibility index (Phi) is 8.01. The maximum atomic E-state index is 12.9. The first-order valence-corrected chi connectivity index (χ1v) is 15.5. The molecule has 2 heterocycles. The number of likely N-dealkylation sites (tertiary alicyclic amines) is 1. The largest absolute Gasteiger partial charge is 0.303 e. The van der Waals surface area contributed by atoms with Crippen LogP contribution in [-0.2, 0) is 15.4 Å². The summed E-state index contributed by atoms with van der Waals surface area (Å²) in [5, 5.41) is 0.988. The molecule has 0 bridgehead atoms. The lowest BCUT2D eigenvalue weighted by molar-refractivity contribution is 0.167.